The summed E-state index contributed by atoms with van der Waals surface area (Å²) >= 11 is 0. The molecule has 0 aromatic carbocycles. The summed E-state index contributed by atoms with van der Waals surface area (Å²) in [5.41, 5.74) is 0. The molecule has 148 valence electrons. The fraction of sp³-hybridized carbons (Fsp3) is 1.00. The minimum Gasteiger partial charge on any atom is -0.377 e. The van der Waals surface area contributed by atoms with Crippen molar-refractivity contribution in [3.63, 3.8) is 0 Å². The summed E-state index contributed by atoms with van der Waals surface area (Å²) in [6.07, 6.45) is 6.97. The summed E-state index contributed by atoms with van der Waals surface area (Å²) in [6.45, 7) is 17.7. The molecule has 2 saturated heterocycles. The van der Waals surface area contributed by atoms with Crippen LogP contribution in [0.15, 0.2) is 0 Å². The maximum atomic E-state index is 6.27. The monoisotopic (exact) mass is 354 g/mol. The van der Waals surface area contributed by atoms with Gasteiger partial charge in [-0.25, -0.2) is 0 Å². The van der Waals surface area contributed by atoms with Crippen molar-refractivity contribution in [3.05, 3.63) is 0 Å². The lowest BCUT2D eigenvalue weighted by molar-refractivity contribution is -0.00746. The topological polar surface area (TPSA) is 24.9 Å². The first-order chi connectivity index (χ1) is 11.9. The predicted octanol–water partition coefficient (Wildman–Crippen LogP) is 3.93. The zero-order chi connectivity index (χ0) is 18.4. The molecule has 2 fully saturated rings. The molecule has 4 atom stereocenters. The Morgan fingerprint density at radius 2 is 1.36 bits per heavy atom. The summed E-state index contributed by atoms with van der Waals surface area (Å²) in [4.78, 5) is 5.26. The molecule has 0 aromatic rings. The highest BCUT2D eigenvalue weighted by atomic mass is 16.5. The van der Waals surface area contributed by atoms with Crippen molar-refractivity contribution >= 4 is 0 Å². The highest BCUT2D eigenvalue weighted by Crippen LogP contribution is 2.24. The van der Waals surface area contributed by atoms with Gasteiger partial charge in [0, 0.05) is 24.2 Å². The summed E-state index contributed by atoms with van der Waals surface area (Å²) in [5, 5.41) is 0. The third-order valence-corrected chi connectivity index (χ3v) is 5.94. The van der Waals surface area contributed by atoms with E-state index >= 15 is 0 Å². The van der Waals surface area contributed by atoms with E-state index in [-0.39, 0.29) is 0 Å². The van der Waals surface area contributed by atoms with Crippen LogP contribution in [-0.2, 0) is 9.47 Å². The van der Waals surface area contributed by atoms with Crippen LogP contribution in [0.5, 0.6) is 0 Å². The zero-order valence-electron chi connectivity index (χ0n) is 17.5. The maximum absolute atomic E-state index is 6.27. The first-order valence-corrected chi connectivity index (χ1v) is 10.6. The van der Waals surface area contributed by atoms with E-state index in [1.807, 2.05) is 0 Å². The maximum Gasteiger partial charge on any atom is 0.0625 e. The molecule has 2 heterocycles. The second-order valence-corrected chi connectivity index (χ2v) is 8.77. The average molecular weight is 355 g/mol. The molecular weight excluding hydrogens is 312 g/mol. The molecule has 2 rings (SSSR count). The van der Waals surface area contributed by atoms with E-state index in [1.54, 1.807) is 0 Å². The second kappa shape index (κ2) is 10.2. The lowest BCUT2D eigenvalue weighted by Crippen LogP contribution is -2.42. The van der Waals surface area contributed by atoms with Crippen LogP contribution in [0.1, 0.15) is 73.6 Å². The first-order valence-electron chi connectivity index (χ1n) is 10.6. The van der Waals surface area contributed by atoms with Crippen LogP contribution in [0.2, 0.25) is 0 Å². The van der Waals surface area contributed by atoms with Crippen molar-refractivity contribution in [2.45, 2.75) is 110 Å². The van der Waals surface area contributed by atoms with Gasteiger partial charge in [0.05, 0.1) is 25.4 Å². The molecule has 4 nitrogen and oxygen atoms in total. The molecule has 4 heteroatoms. The van der Waals surface area contributed by atoms with Gasteiger partial charge >= 0.3 is 0 Å². The Labute approximate surface area is 156 Å². The number of rotatable bonds is 10. The van der Waals surface area contributed by atoms with Gasteiger partial charge in [-0.1, -0.05) is 0 Å². The van der Waals surface area contributed by atoms with Crippen LogP contribution in [0.4, 0.5) is 0 Å². The van der Waals surface area contributed by atoms with Crippen LogP contribution < -0.4 is 0 Å². The Morgan fingerprint density at radius 3 is 1.96 bits per heavy atom. The lowest BCUT2D eigenvalue weighted by Gasteiger charge is -2.33. The van der Waals surface area contributed by atoms with E-state index in [2.05, 4.69) is 51.3 Å². The van der Waals surface area contributed by atoms with Gasteiger partial charge in [-0.05, 0) is 86.7 Å². The smallest absolute Gasteiger partial charge is 0.0625 e. The molecule has 0 saturated carbocycles. The highest BCUT2D eigenvalue weighted by molar-refractivity contribution is 4.85. The standard InChI is InChI=1S/C21H42N2O2/c1-16(2)22-11-7-9-20(22)15-25-19(6)13-18(5)23-12-8-10-21(23)14-24-17(3)4/h16-21H,7-15H2,1-6H3/t18?,19?,20-,21-/m0/s1. The molecule has 2 unspecified atom stereocenters. The third kappa shape index (κ3) is 6.50. The Bertz CT molecular complexity index is 375. The Morgan fingerprint density at radius 1 is 0.800 bits per heavy atom. The van der Waals surface area contributed by atoms with Gasteiger partial charge in [-0.2, -0.15) is 0 Å². The quantitative estimate of drug-likeness (QED) is 0.593. The van der Waals surface area contributed by atoms with Crippen LogP contribution in [0.25, 0.3) is 0 Å². The number of ether oxygens (including phenoxy) is 2. The van der Waals surface area contributed by atoms with E-state index in [1.165, 1.54) is 38.8 Å². The molecule has 25 heavy (non-hydrogen) atoms. The highest BCUT2D eigenvalue weighted by Gasteiger charge is 2.30. The summed E-state index contributed by atoms with van der Waals surface area (Å²) < 4.78 is 12.2. The molecule has 0 aromatic heterocycles. The largest absolute Gasteiger partial charge is 0.377 e. The van der Waals surface area contributed by atoms with Crippen LogP contribution in [0.3, 0.4) is 0 Å². The van der Waals surface area contributed by atoms with Crippen molar-refractivity contribution in [2.75, 3.05) is 26.3 Å². The lowest BCUT2D eigenvalue weighted by atomic mass is 10.1. The summed E-state index contributed by atoms with van der Waals surface area (Å²) in [7, 11) is 0. The van der Waals surface area contributed by atoms with Gasteiger partial charge in [0.25, 0.3) is 0 Å². The van der Waals surface area contributed by atoms with E-state index in [4.69, 9.17) is 9.47 Å². The molecule has 2 aliphatic heterocycles. The average Bonchev–Trinajstić information content (AvgIpc) is 3.19. The minimum atomic E-state index is 0.329. The van der Waals surface area contributed by atoms with Crippen LogP contribution in [0, 0.1) is 0 Å². The number of hydrogen-bond acceptors (Lipinski definition) is 4. The Hall–Kier alpha value is -0.160. The summed E-state index contributed by atoms with van der Waals surface area (Å²) in [6, 6.07) is 2.42. The molecule has 0 spiro atoms. The van der Waals surface area contributed by atoms with Gasteiger partial charge in [0.1, 0.15) is 0 Å². The number of nitrogens with zero attached hydrogens (tertiary/aromatic N) is 2. The molecule has 0 amide bonds. The van der Waals surface area contributed by atoms with E-state index in [0.29, 0.717) is 36.4 Å². The van der Waals surface area contributed by atoms with Crippen molar-refractivity contribution in [1.82, 2.24) is 9.80 Å². The van der Waals surface area contributed by atoms with Gasteiger partial charge in [-0.15, -0.1) is 0 Å². The van der Waals surface area contributed by atoms with Crippen molar-refractivity contribution in [2.24, 2.45) is 0 Å². The molecule has 2 aliphatic rings. The van der Waals surface area contributed by atoms with E-state index < -0.39 is 0 Å². The molecule has 0 radical (unpaired) electrons. The molecule has 0 aliphatic carbocycles. The van der Waals surface area contributed by atoms with Crippen LogP contribution >= 0.6 is 0 Å². The molecule has 0 N–H and O–H groups in total. The first kappa shape index (κ1) is 21.1. The van der Waals surface area contributed by atoms with Crippen LogP contribution in [-0.4, -0.2) is 72.5 Å². The Kier molecular flexibility index (Phi) is 8.67. The van der Waals surface area contributed by atoms with Gasteiger partial charge < -0.3 is 9.47 Å². The fourth-order valence-electron chi connectivity index (χ4n) is 4.60. The SMILES string of the molecule is CC(C)OC[C@@H]1CCCN1C(C)CC(C)OC[C@@H]1CCCN1C(C)C. The number of likely N-dealkylation sites (tertiary alicyclic amines) is 2. The zero-order valence-corrected chi connectivity index (χ0v) is 17.5. The van der Waals surface area contributed by atoms with Crippen molar-refractivity contribution < 1.29 is 9.47 Å². The Balaban J connectivity index is 1.72. The minimum absolute atomic E-state index is 0.329. The predicted molar refractivity (Wildman–Crippen MR) is 105 cm³/mol. The van der Waals surface area contributed by atoms with E-state index in [9.17, 15) is 0 Å². The number of hydrogen-bond donors (Lipinski definition) is 0. The van der Waals surface area contributed by atoms with Gasteiger partial charge in [0.2, 0.25) is 0 Å². The van der Waals surface area contributed by atoms with Gasteiger partial charge in [-0.3, -0.25) is 9.80 Å². The normalized spacial score (nSPS) is 28.3. The molecule has 0 bridgehead atoms. The fourth-order valence-corrected chi connectivity index (χ4v) is 4.60. The summed E-state index contributed by atoms with van der Waals surface area (Å²) in [5.74, 6) is 0. The van der Waals surface area contributed by atoms with E-state index in [0.717, 1.165) is 19.6 Å². The third-order valence-electron chi connectivity index (χ3n) is 5.94. The van der Waals surface area contributed by atoms with Gasteiger partial charge in [0.15, 0.2) is 0 Å². The van der Waals surface area contributed by atoms with Crippen molar-refractivity contribution in [3.8, 4) is 0 Å². The second-order valence-electron chi connectivity index (χ2n) is 8.77. The molecular formula is C21H42N2O2. The van der Waals surface area contributed by atoms with Crippen molar-refractivity contribution in [1.29, 1.82) is 0 Å².